The number of fused-ring (bicyclic) bond motifs is 1. The Hall–Kier alpha value is -2.12. The van der Waals surface area contributed by atoms with Crippen LogP contribution in [-0.4, -0.2) is 31.7 Å². The molecule has 1 amide bonds. The van der Waals surface area contributed by atoms with Gasteiger partial charge < -0.3 is 5.32 Å². The summed E-state index contributed by atoms with van der Waals surface area (Å²) in [5.74, 6) is 0.436. The fourth-order valence-corrected chi connectivity index (χ4v) is 2.89. The van der Waals surface area contributed by atoms with Crippen LogP contribution < -0.4 is 5.32 Å². The van der Waals surface area contributed by atoms with Crippen LogP contribution in [0.5, 0.6) is 0 Å². The molecule has 8 heteroatoms. The smallest absolute Gasteiger partial charge is 0.253 e. The van der Waals surface area contributed by atoms with Gasteiger partial charge >= 0.3 is 0 Å². The number of nitrogens with one attached hydrogen (secondary N) is 1. The number of aromatic nitrogens is 4. The van der Waals surface area contributed by atoms with E-state index >= 15 is 0 Å². The standard InChI is InChI=1S/C16H16ClN5OS/c1-9-13(8-14(23)19-12-6-4-11(17)5-7-12)10(2)22-15(18-9)20-16(21-22)24-3/h4-7H,8H2,1-3H3,(H,19,23). The highest BCUT2D eigenvalue weighted by Crippen LogP contribution is 2.18. The summed E-state index contributed by atoms with van der Waals surface area (Å²) < 4.78 is 1.68. The molecule has 0 aliphatic rings. The van der Waals surface area contributed by atoms with Crippen LogP contribution in [0.3, 0.4) is 0 Å². The van der Waals surface area contributed by atoms with Crippen molar-refractivity contribution in [2.45, 2.75) is 25.4 Å². The molecule has 3 rings (SSSR count). The number of hydrogen-bond donors (Lipinski definition) is 1. The van der Waals surface area contributed by atoms with Gasteiger partial charge in [0.25, 0.3) is 5.78 Å². The lowest BCUT2D eigenvalue weighted by atomic mass is 10.1. The quantitative estimate of drug-likeness (QED) is 0.722. The first-order valence-corrected chi connectivity index (χ1v) is 8.90. The lowest BCUT2D eigenvalue weighted by Gasteiger charge is -2.10. The molecule has 2 heterocycles. The number of hydrogen-bond acceptors (Lipinski definition) is 5. The normalized spacial score (nSPS) is 11.0. The van der Waals surface area contributed by atoms with E-state index in [0.717, 1.165) is 17.0 Å². The molecule has 2 aromatic heterocycles. The van der Waals surface area contributed by atoms with Gasteiger partial charge in [0.2, 0.25) is 11.1 Å². The van der Waals surface area contributed by atoms with Crippen molar-refractivity contribution in [3.8, 4) is 0 Å². The van der Waals surface area contributed by atoms with Crippen LogP contribution in [0.2, 0.25) is 5.02 Å². The average molecular weight is 362 g/mol. The summed E-state index contributed by atoms with van der Waals surface area (Å²) in [5.41, 5.74) is 3.22. The summed E-state index contributed by atoms with van der Waals surface area (Å²) in [6.07, 6.45) is 2.13. The molecule has 3 aromatic rings. The molecule has 0 unspecified atom stereocenters. The number of thioether (sulfide) groups is 1. The maximum Gasteiger partial charge on any atom is 0.253 e. The van der Waals surface area contributed by atoms with Crippen molar-refractivity contribution in [3.05, 3.63) is 46.2 Å². The van der Waals surface area contributed by atoms with Gasteiger partial charge in [-0.25, -0.2) is 9.50 Å². The highest BCUT2D eigenvalue weighted by molar-refractivity contribution is 7.98. The van der Waals surface area contributed by atoms with E-state index in [9.17, 15) is 4.79 Å². The largest absolute Gasteiger partial charge is 0.326 e. The van der Waals surface area contributed by atoms with Crippen molar-refractivity contribution in [1.29, 1.82) is 0 Å². The zero-order chi connectivity index (χ0) is 17.3. The van der Waals surface area contributed by atoms with E-state index in [0.29, 0.717) is 21.6 Å². The molecular weight excluding hydrogens is 346 g/mol. The monoisotopic (exact) mass is 361 g/mol. The van der Waals surface area contributed by atoms with Crippen LogP contribution in [-0.2, 0) is 11.2 Å². The fraction of sp³-hybridized carbons (Fsp3) is 0.250. The van der Waals surface area contributed by atoms with Gasteiger partial charge in [-0.3, -0.25) is 4.79 Å². The minimum absolute atomic E-state index is 0.116. The summed E-state index contributed by atoms with van der Waals surface area (Å²) in [6.45, 7) is 3.80. The molecule has 124 valence electrons. The van der Waals surface area contributed by atoms with Gasteiger partial charge in [0.1, 0.15) is 0 Å². The highest BCUT2D eigenvalue weighted by Gasteiger charge is 2.16. The van der Waals surface area contributed by atoms with Crippen molar-refractivity contribution in [2.24, 2.45) is 0 Å². The number of halogens is 1. The Labute approximate surface area is 148 Å². The Kier molecular flexibility index (Phi) is 4.73. The predicted molar refractivity (Wildman–Crippen MR) is 95.8 cm³/mol. The van der Waals surface area contributed by atoms with E-state index < -0.39 is 0 Å². The summed E-state index contributed by atoms with van der Waals surface area (Å²) in [6, 6.07) is 7.01. The summed E-state index contributed by atoms with van der Waals surface area (Å²) in [4.78, 5) is 21.1. The van der Waals surface area contributed by atoms with Crippen LogP contribution >= 0.6 is 23.4 Å². The highest BCUT2D eigenvalue weighted by atomic mass is 35.5. The van der Waals surface area contributed by atoms with Crippen LogP contribution in [0.4, 0.5) is 5.69 Å². The summed E-state index contributed by atoms with van der Waals surface area (Å²) in [7, 11) is 0. The molecule has 24 heavy (non-hydrogen) atoms. The summed E-state index contributed by atoms with van der Waals surface area (Å²) in [5, 5.41) is 8.54. The number of aryl methyl sites for hydroxylation is 2. The minimum atomic E-state index is -0.116. The third kappa shape index (κ3) is 3.37. The Morgan fingerprint density at radius 1 is 1.25 bits per heavy atom. The van der Waals surface area contributed by atoms with Crippen molar-refractivity contribution < 1.29 is 4.79 Å². The lowest BCUT2D eigenvalue weighted by molar-refractivity contribution is -0.115. The first kappa shape index (κ1) is 16.7. The number of benzene rings is 1. The molecule has 0 saturated heterocycles. The second kappa shape index (κ2) is 6.78. The van der Waals surface area contributed by atoms with E-state index in [1.165, 1.54) is 11.8 Å². The third-order valence-corrected chi connectivity index (χ3v) is 4.47. The lowest BCUT2D eigenvalue weighted by Crippen LogP contribution is -2.17. The summed E-state index contributed by atoms with van der Waals surface area (Å²) >= 11 is 7.31. The first-order chi connectivity index (χ1) is 11.5. The predicted octanol–water partition coefficient (Wildman–Crippen LogP) is 3.30. The van der Waals surface area contributed by atoms with Gasteiger partial charge in [-0.15, -0.1) is 5.10 Å². The molecule has 0 spiro atoms. The SMILES string of the molecule is CSc1nc2nc(C)c(CC(=O)Nc3ccc(Cl)cc3)c(C)n2n1. The third-order valence-electron chi connectivity index (χ3n) is 3.68. The van der Waals surface area contributed by atoms with Gasteiger partial charge in [0.05, 0.1) is 6.42 Å². The minimum Gasteiger partial charge on any atom is -0.326 e. The molecule has 1 aromatic carbocycles. The number of anilines is 1. The molecule has 0 atom stereocenters. The van der Waals surface area contributed by atoms with Crippen molar-refractivity contribution in [3.63, 3.8) is 0 Å². The zero-order valence-electron chi connectivity index (χ0n) is 13.5. The Bertz CT molecular complexity index is 907. The van der Waals surface area contributed by atoms with Crippen molar-refractivity contribution in [1.82, 2.24) is 19.6 Å². The van der Waals surface area contributed by atoms with E-state index in [-0.39, 0.29) is 12.3 Å². The van der Waals surface area contributed by atoms with E-state index in [2.05, 4.69) is 20.4 Å². The second-order valence-corrected chi connectivity index (χ2v) is 6.51. The second-order valence-electron chi connectivity index (χ2n) is 5.30. The Balaban J connectivity index is 1.86. The van der Waals surface area contributed by atoms with Crippen LogP contribution in [0.15, 0.2) is 29.4 Å². The molecule has 0 aliphatic heterocycles. The van der Waals surface area contributed by atoms with Crippen molar-refractivity contribution >= 4 is 40.7 Å². The number of nitrogens with zero attached hydrogens (tertiary/aromatic N) is 4. The van der Waals surface area contributed by atoms with E-state index in [4.69, 9.17) is 11.6 Å². The van der Waals surface area contributed by atoms with E-state index in [1.807, 2.05) is 20.1 Å². The molecule has 6 nitrogen and oxygen atoms in total. The van der Waals surface area contributed by atoms with Crippen molar-refractivity contribution in [2.75, 3.05) is 11.6 Å². The molecule has 0 aliphatic carbocycles. The van der Waals surface area contributed by atoms with Gasteiger partial charge in [0, 0.05) is 27.7 Å². The number of carbonyl (C=O) groups is 1. The van der Waals surface area contributed by atoms with Crippen LogP contribution in [0.1, 0.15) is 17.0 Å². The fourth-order valence-electron chi connectivity index (χ4n) is 2.43. The number of carbonyl (C=O) groups excluding carboxylic acids is 1. The molecule has 0 radical (unpaired) electrons. The number of rotatable bonds is 4. The Morgan fingerprint density at radius 3 is 2.62 bits per heavy atom. The molecule has 0 fully saturated rings. The Morgan fingerprint density at radius 2 is 1.96 bits per heavy atom. The van der Waals surface area contributed by atoms with Gasteiger partial charge in [-0.05, 0) is 44.4 Å². The molecule has 1 N–H and O–H groups in total. The first-order valence-electron chi connectivity index (χ1n) is 7.30. The molecular formula is C16H16ClN5OS. The molecule has 0 saturated carbocycles. The van der Waals surface area contributed by atoms with Gasteiger partial charge in [-0.1, -0.05) is 23.4 Å². The number of amides is 1. The van der Waals surface area contributed by atoms with Gasteiger partial charge in [-0.2, -0.15) is 4.98 Å². The van der Waals surface area contributed by atoms with Gasteiger partial charge in [0.15, 0.2) is 0 Å². The van der Waals surface area contributed by atoms with E-state index in [1.54, 1.807) is 28.8 Å². The maximum absolute atomic E-state index is 12.3. The topological polar surface area (TPSA) is 72.2 Å². The van der Waals surface area contributed by atoms with Crippen LogP contribution in [0.25, 0.3) is 5.78 Å². The maximum atomic E-state index is 12.3. The molecule has 0 bridgehead atoms. The zero-order valence-corrected chi connectivity index (χ0v) is 15.1. The average Bonchev–Trinajstić information content (AvgIpc) is 2.97. The van der Waals surface area contributed by atoms with Crippen LogP contribution in [0, 0.1) is 13.8 Å².